The fraction of sp³-hybridized carbons (Fsp3) is 0.130. The first-order valence-corrected chi connectivity index (χ1v) is 10.4. The van der Waals surface area contributed by atoms with Crippen molar-refractivity contribution >= 4 is 34.1 Å². The second kappa shape index (κ2) is 8.55. The quantitative estimate of drug-likeness (QED) is 0.441. The number of aliphatic hydroxyl groups is 1. The van der Waals surface area contributed by atoms with Crippen LogP contribution in [0.15, 0.2) is 59.9 Å². The minimum atomic E-state index is -1.16. The molecule has 2 heterocycles. The zero-order valence-corrected chi connectivity index (χ0v) is 18.2. The Bertz CT molecular complexity index is 1300. The van der Waals surface area contributed by atoms with Crippen LogP contribution in [0.2, 0.25) is 0 Å². The topological polar surface area (TPSA) is 96.8 Å². The first kappa shape index (κ1) is 22.3. The molecule has 0 aliphatic carbocycles. The van der Waals surface area contributed by atoms with Crippen molar-refractivity contribution in [1.82, 2.24) is 4.98 Å². The molecule has 0 spiro atoms. The van der Waals surface area contributed by atoms with Crippen LogP contribution in [0.1, 0.15) is 37.3 Å². The summed E-state index contributed by atoms with van der Waals surface area (Å²) in [6, 6.07) is 8.52. The van der Waals surface area contributed by atoms with E-state index in [9.17, 15) is 28.3 Å². The number of hydrogen-bond donors (Lipinski definition) is 1. The Balaban J connectivity index is 1.87. The van der Waals surface area contributed by atoms with Gasteiger partial charge in [0, 0.05) is 5.56 Å². The Kier molecular flexibility index (Phi) is 5.77. The second-order valence-electron chi connectivity index (χ2n) is 7.13. The second-order valence-corrected chi connectivity index (χ2v) is 8.11. The lowest BCUT2D eigenvalue weighted by Gasteiger charge is -2.24. The van der Waals surface area contributed by atoms with Crippen molar-refractivity contribution in [3.05, 3.63) is 93.2 Å². The fourth-order valence-electron chi connectivity index (χ4n) is 3.52. The van der Waals surface area contributed by atoms with E-state index in [2.05, 4.69) is 4.98 Å². The van der Waals surface area contributed by atoms with Gasteiger partial charge in [0.2, 0.25) is 0 Å². The van der Waals surface area contributed by atoms with Crippen LogP contribution in [0.4, 0.5) is 13.9 Å². The number of aryl methyl sites for hydroxylation is 1. The third-order valence-electron chi connectivity index (χ3n) is 5.11. The molecule has 3 aromatic rings. The molecular formula is C23H16F2N2O5S. The number of aromatic nitrogens is 1. The van der Waals surface area contributed by atoms with Crippen LogP contribution in [0.3, 0.4) is 0 Å². The van der Waals surface area contributed by atoms with Crippen LogP contribution in [0, 0.1) is 18.6 Å². The fourth-order valence-corrected chi connectivity index (χ4v) is 4.53. The summed E-state index contributed by atoms with van der Waals surface area (Å²) in [6.07, 6.45) is 0. The standard InChI is InChI=1S/C23H16F2N2O5S/c1-11-20(22(31)32-2)33-23(26-11)27-17(12-3-7-14(24)8-4-12)16(19(29)21(27)30)18(28)13-5-9-15(25)10-6-13/h3-10,17,29H,1-2H3. The number of benzene rings is 2. The van der Waals surface area contributed by atoms with Crippen LogP contribution in [-0.4, -0.2) is 34.9 Å². The summed E-state index contributed by atoms with van der Waals surface area (Å²) in [4.78, 5) is 43.9. The molecule has 1 unspecified atom stereocenters. The Morgan fingerprint density at radius 3 is 2.21 bits per heavy atom. The lowest BCUT2D eigenvalue weighted by Crippen LogP contribution is -2.31. The van der Waals surface area contributed by atoms with Gasteiger partial charge in [-0.15, -0.1) is 0 Å². The number of esters is 1. The number of Topliss-reactive ketones (excluding diaryl/α,β-unsaturated/α-hetero) is 1. The monoisotopic (exact) mass is 470 g/mol. The van der Waals surface area contributed by atoms with Crippen molar-refractivity contribution in [3.8, 4) is 0 Å². The van der Waals surface area contributed by atoms with E-state index in [1.807, 2.05) is 0 Å². The van der Waals surface area contributed by atoms with Crippen LogP contribution in [-0.2, 0) is 9.53 Å². The summed E-state index contributed by atoms with van der Waals surface area (Å²) < 4.78 is 31.7. The number of ketones is 1. The molecular weight excluding hydrogens is 454 g/mol. The highest BCUT2D eigenvalue weighted by Gasteiger charge is 2.46. The predicted molar refractivity (Wildman–Crippen MR) is 115 cm³/mol. The highest BCUT2D eigenvalue weighted by Crippen LogP contribution is 2.43. The van der Waals surface area contributed by atoms with Gasteiger partial charge in [0.05, 0.1) is 24.4 Å². The average Bonchev–Trinajstić information content (AvgIpc) is 3.31. The molecule has 0 saturated heterocycles. The third-order valence-corrected chi connectivity index (χ3v) is 6.24. The number of aliphatic hydroxyl groups excluding tert-OH is 1. The normalized spacial score (nSPS) is 15.8. The maximum Gasteiger partial charge on any atom is 0.350 e. The molecule has 1 atom stereocenters. The lowest BCUT2D eigenvalue weighted by molar-refractivity contribution is -0.117. The summed E-state index contributed by atoms with van der Waals surface area (Å²) in [7, 11) is 1.20. The molecule has 1 amide bonds. The lowest BCUT2D eigenvalue weighted by atomic mass is 9.93. The maximum atomic E-state index is 13.6. The third kappa shape index (κ3) is 3.89. The molecule has 0 radical (unpaired) electrons. The summed E-state index contributed by atoms with van der Waals surface area (Å²) in [5.41, 5.74) is 0.396. The molecule has 0 fully saturated rings. The van der Waals surface area contributed by atoms with Gasteiger partial charge in [0.15, 0.2) is 16.7 Å². The first-order valence-electron chi connectivity index (χ1n) is 9.61. The van der Waals surface area contributed by atoms with Crippen molar-refractivity contribution in [1.29, 1.82) is 0 Å². The summed E-state index contributed by atoms with van der Waals surface area (Å²) >= 11 is 0.855. The van der Waals surface area contributed by atoms with Gasteiger partial charge in [-0.2, -0.15) is 0 Å². The smallest absolute Gasteiger partial charge is 0.350 e. The van der Waals surface area contributed by atoms with Gasteiger partial charge >= 0.3 is 5.97 Å². The molecule has 0 saturated carbocycles. The maximum absolute atomic E-state index is 13.6. The molecule has 1 aromatic heterocycles. The molecule has 1 aliphatic heterocycles. The SMILES string of the molecule is COC(=O)c1sc(N2C(=O)C(O)=C(C(=O)c3ccc(F)cc3)C2c2ccc(F)cc2)nc1C. The highest BCUT2D eigenvalue weighted by molar-refractivity contribution is 7.17. The van der Waals surface area contributed by atoms with Crippen molar-refractivity contribution in [2.24, 2.45) is 0 Å². The molecule has 1 N–H and O–H groups in total. The molecule has 7 nitrogen and oxygen atoms in total. The number of hydrogen-bond acceptors (Lipinski definition) is 7. The molecule has 168 valence electrons. The summed E-state index contributed by atoms with van der Waals surface area (Å²) in [5, 5.41) is 10.7. The van der Waals surface area contributed by atoms with E-state index >= 15 is 0 Å². The number of nitrogens with zero attached hydrogens (tertiary/aromatic N) is 2. The Morgan fingerprint density at radius 1 is 1.06 bits per heavy atom. The number of anilines is 1. The van der Waals surface area contributed by atoms with Gasteiger partial charge in [0.25, 0.3) is 5.91 Å². The highest BCUT2D eigenvalue weighted by atomic mass is 32.1. The van der Waals surface area contributed by atoms with Crippen molar-refractivity contribution in [2.45, 2.75) is 13.0 Å². The number of rotatable bonds is 5. The summed E-state index contributed by atoms with van der Waals surface area (Å²) in [6.45, 7) is 1.55. The van der Waals surface area contributed by atoms with E-state index in [1.165, 1.54) is 31.4 Å². The van der Waals surface area contributed by atoms with Crippen molar-refractivity contribution in [3.63, 3.8) is 0 Å². The average molecular weight is 470 g/mol. The zero-order valence-electron chi connectivity index (χ0n) is 17.3. The van der Waals surface area contributed by atoms with Crippen LogP contribution in [0.25, 0.3) is 0 Å². The molecule has 33 heavy (non-hydrogen) atoms. The Morgan fingerprint density at radius 2 is 1.64 bits per heavy atom. The largest absolute Gasteiger partial charge is 0.503 e. The zero-order chi connectivity index (χ0) is 23.9. The molecule has 1 aliphatic rings. The van der Waals surface area contributed by atoms with Crippen LogP contribution < -0.4 is 4.90 Å². The van der Waals surface area contributed by atoms with Crippen LogP contribution >= 0.6 is 11.3 Å². The van der Waals surface area contributed by atoms with Crippen molar-refractivity contribution < 1.29 is 33.0 Å². The van der Waals surface area contributed by atoms with Crippen LogP contribution in [0.5, 0.6) is 0 Å². The number of halogens is 2. The van der Waals surface area contributed by atoms with E-state index in [4.69, 9.17) is 4.74 Å². The minimum absolute atomic E-state index is 0.0423. The van der Waals surface area contributed by atoms with Gasteiger partial charge in [-0.1, -0.05) is 23.5 Å². The van der Waals surface area contributed by atoms with Gasteiger partial charge in [-0.3, -0.25) is 14.5 Å². The number of thiazole rings is 1. The molecule has 4 rings (SSSR count). The number of amides is 1. The number of ether oxygens (including phenoxy) is 1. The Hall–Kier alpha value is -3.92. The molecule has 10 heteroatoms. The van der Waals surface area contributed by atoms with E-state index in [-0.39, 0.29) is 21.1 Å². The molecule has 2 aromatic carbocycles. The molecule has 0 bridgehead atoms. The van der Waals surface area contributed by atoms with E-state index in [0.717, 1.165) is 40.5 Å². The van der Waals surface area contributed by atoms with E-state index in [1.54, 1.807) is 6.92 Å². The van der Waals surface area contributed by atoms with Crippen molar-refractivity contribution in [2.75, 3.05) is 12.0 Å². The van der Waals surface area contributed by atoms with Gasteiger partial charge in [-0.05, 0) is 48.9 Å². The number of methoxy groups -OCH3 is 1. The van der Waals surface area contributed by atoms with Gasteiger partial charge in [-0.25, -0.2) is 18.6 Å². The number of carbonyl (C=O) groups is 3. The predicted octanol–water partition coefficient (Wildman–Crippen LogP) is 4.30. The first-order chi connectivity index (χ1) is 15.7. The summed E-state index contributed by atoms with van der Waals surface area (Å²) in [5.74, 6) is -4.18. The van der Waals surface area contributed by atoms with E-state index in [0.29, 0.717) is 11.3 Å². The minimum Gasteiger partial charge on any atom is -0.503 e. The van der Waals surface area contributed by atoms with E-state index < -0.39 is 41.1 Å². The number of carbonyl (C=O) groups excluding carboxylic acids is 3. The van der Waals surface area contributed by atoms with Gasteiger partial charge < -0.3 is 9.84 Å². The Labute approximate surface area is 190 Å². The van der Waals surface area contributed by atoms with Gasteiger partial charge in [0.1, 0.15) is 16.5 Å².